The average Bonchev–Trinajstić information content (AvgIpc) is 3.66. The zero-order valence-electron chi connectivity index (χ0n) is 19.3. The summed E-state index contributed by atoms with van der Waals surface area (Å²) in [6.07, 6.45) is 3.97. The predicted octanol–water partition coefficient (Wildman–Crippen LogP) is 4.33. The summed E-state index contributed by atoms with van der Waals surface area (Å²) in [5.41, 5.74) is 7.38. The van der Waals surface area contributed by atoms with Crippen LogP contribution in [0.25, 0.3) is 15.4 Å². The van der Waals surface area contributed by atoms with E-state index in [9.17, 15) is 14.0 Å². The molecule has 1 aliphatic carbocycles. The normalized spacial score (nSPS) is 20.8. The first kappa shape index (κ1) is 22.9. The van der Waals surface area contributed by atoms with Crippen molar-refractivity contribution < 1.29 is 18.7 Å². The summed E-state index contributed by atoms with van der Waals surface area (Å²) in [5.74, 6) is 0.00322. The van der Waals surface area contributed by atoms with E-state index in [1.54, 1.807) is 29.7 Å². The van der Waals surface area contributed by atoms with E-state index >= 15 is 0 Å². The second kappa shape index (κ2) is 8.86. The molecule has 1 aliphatic heterocycles. The first-order valence-electron chi connectivity index (χ1n) is 11.6. The number of piperidine rings is 1. The van der Waals surface area contributed by atoms with E-state index in [0.717, 1.165) is 35.6 Å². The lowest BCUT2D eigenvalue weighted by Crippen LogP contribution is -2.50. The minimum absolute atomic E-state index is 0.0658. The number of hydrogen-bond donors (Lipinski definition) is 2. The number of benzene rings is 1. The van der Waals surface area contributed by atoms with Gasteiger partial charge in [0.15, 0.2) is 10.1 Å². The van der Waals surface area contributed by atoms with Crippen molar-refractivity contribution in [2.75, 3.05) is 12.3 Å². The molecule has 2 fully saturated rings. The molecule has 6 rings (SSSR count). The molecule has 9 nitrogen and oxygen atoms in total. The number of aromatic nitrogens is 3. The summed E-state index contributed by atoms with van der Waals surface area (Å²) in [6.45, 7) is 2.04. The van der Waals surface area contributed by atoms with Crippen LogP contribution in [-0.4, -0.2) is 49.9 Å². The molecule has 1 saturated heterocycles. The minimum Gasteiger partial charge on any atom is -0.391 e. The second-order valence-corrected chi connectivity index (χ2v) is 11.0. The van der Waals surface area contributed by atoms with Gasteiger partial charge in [-0.3, -0.25) is 9.20 Å². The zero-order valence-corrected chi connectivity index (χ0v) is 20.9. The largest absolute Gasteiger partial charge is 0.414 e. The highest BCUT2D eigenvalue weighted by atomic mass is 32.1. The Kier molecular flexibility index (Phi) is 5.64. The van der Waals surface area contributed by atoms with Crippen LogP contribution in [0.3, 0.4) is 0 Å². The number of halogens is 1. The number of ether oxygens (including phenoxy) is 1. The van der Waals surface area contributed by atoms with Crippen molar-refractivity contribution in [2.24, 2.45) is 5.92 Å². The molecule has 2 bridgehead atoms. The third-order valence-electron chi connectivity index (χ3n) is 6.93. The van der Waals surface area contributed by atoms with Gasteiger partial charge < -0.3 is 20.7 Å². The van der Waals surface area contributed by atoms with E-state index in [4.69, 9.17) is 10.5 Å². The fourth-order valence-electron chi connectivity index (χ4n) is 5.41. The number of carbonyl (C=O) groups excluding carboxylic acids is 2. The molecular weight excluding hydrogens is 503 g/mol. The zero-order chi connectivity index (χ0) is 25.0. The highest BCUT2D eigenvalue weighted by Crippen LogP contribution is 2.44. The molecule has 3 atom stereocenters. The summed E-state index contributed by atoms with van der Waals surface area (Å²) in [7, 11) is 0. The number of nitrogens with one attached hydrogen (secondary N) is 1. The first-order valence-corrected chi connectivity index (χ1v) is 13.3. The number of aryl methyl sites for hydroxylation is 1. The van der Waals surface area contributed by atoms with Crippen LogP contribution in [0.15, 0.2) is 35.8 Å². The molecular formula is C24H23FN6O3S2. The van der Waals surface area contributed by atoms with E-state index in [0.29, 0.717) is 22.0 Å². The van der Waals surface area contributed by atoms with Crippen LogP contribution in [0, 0.1) is 18.7 Å². The molecule has 12 heteroatoms. The van der Waals surface area contributed by atoms with Crippen molar-refractivity contribution in [3.63, 3.8) is 0 Å². The van der Waals surface area contributed by atoms with Gasteiger partial charge in [0.05, 0.1) is 10.9 Å². The van der Waals surface area contributed by atoms with E-state index in [1.165, 1.54) is 23.5 Å². The van der Waals surface area contributed by atoms with Crippen LogP contribution in [0.5, 0.6) is 5.88 Å². The molecule has 0 radical (unpaired) electrons. The van der Waals surface area contributed by atoms with Gasteiger partial charge in [0, 0.05) is 24.2 Å². The second-order valence-electron chi connectivity index (χ2n) is 9.08. The van der Waals surface area contributed by atoms with E-state index in [-0.39, 0.29) is 41.3 Å². The van der Waals surface area contributed by atoms with Crippen LogP contribution >= 0.6 is 22.7 Å². The summed E-state index contributed by atoms with van der Waals surface area (Å²) >= 11 is 2.62. The molecule has 0 unspecified atom stereocenters. The summed E-state index contributed by atoms with van der Waals surface area (Å²) in [4.78, 5) is 38.3. The highest BCUT2D eigenvalue weighted by Gasteiger charge is 2.49. The SMILES string of the molecule is Cc1nc2sccn2c1OC(=O)NC[C@@H]1[C@H]2CC[C@H](C2)N1C(=O)c1nc(N)sc1-c1cccc(F)c1. The minimum atomic E-state index is -0.598. The fourth-order valence-corrected chi connectivity index (χ4v) is 6.98. The Morgan fingerprint density at radius 2 is 2.17 bits per heavy atom. The van der Waals surface area contributed by atoms with Gasteiger partial charge in [-0.1, -0.05) is 23.5 Å². The maximum atomic E-state index is 13.9. The topological polar surface area (TPSA) is 115 Å². The Balaban J connectivity index is 1.21. The highest BCUT2D eigenvalue weighted by molar-refractivity contribution is 7.19. The van der Waals surface area contributed by atoms with E-state index < -0.39 is 11.9 Å². The number of hydrogen-bond acceptors (Lipinski definition) is 8. The number of nitrogens with zero attached hydrogens (tertiary/aromatic N) is 4. The number of fused-ring (bicyclic) bond motifs is 3. The maximum absolute atomic E-state index is 13.9. The molecule has 36 heavy (non-hydrogen) atoms. The van der Waals surface area contributed by atoms with Gasteiger partial charge in [0.1, 0.15) is 17.2 Å². The van der Waals surface area contributed by atoms with Gasteiger partial charge in [-0.05, 0) is 49.8 Å². The number of anilines is 1. The smallest absolute Gasteiger partial charge is 0.391 e. The van der Waals surface area contributed by atoms with Crippen LogP contribution in [0.1, 0.15) is 35.4 Å². The Morgan fingerprint density at radius 3 is 3.00 bits per heavy atom. The number of nitrogen functional groups attached to an aromatic ring is 1. The lowest BCUT2D eigenvalue weighted by molar-refractivity contribution is 0.0586. The predicted molar refractivity (Wildman–Crippen MR) is 135 cm³/mol. The van der Waals surface area contributed by atoms with Crippen LogP contribution in [0.4, 0.5) is 14.3 Å². The number of likely N-dealkylation sites (tertiary alicyclic amines) is 1. The van der Waals surface area contributed by atoms with Gasteiger partial charge in [-0.25, -0.2) is 19.2 Å². The standard InChI is InChI=1S/C24H23FN6O3S2/c1-12-21(30-7-8-35-23(30)28-12)34-24(33)27-11-17-13-5-6-16(10-13)31(17)20(32)18-19(36-22(26)29-18)14-3-2-4-15(25)9-14/h2-4,7-9,13,16-17H,5-6,10-11H2,1H3,(H2,26,29)(H,27,33)/t13-,16+,17+/m0/s1. The molecule has 0 spiro atoms. The first-order chi connectivity index (χ1) is 17.4. The number of rotatable bonds is 5. The number of carbonyl (C=O) groups is 2. The summed E-state index contributed by atoms with van der Waals surface area (Å²) < 4.78 is 21.2. The van der Waals surface area contributed by atoms with Crippen molar-refractivity contribution >= 4 is 44.8 Å². The monoisotopic (exact) mass is 526 g/mol. The Morgan fingerprint density at radius 1 is 1.31 bits per heavy atom. The molecule has 2 aliphatic rings. The van der Waals surface area contributed by atoms with E-state index in [2.05, 4.69) is 15.3 Å². The Bertz CT molecular complexity index is 1480. The summed E-state index contributed by atoms with van der Waals surface area (Å²) in [5, 5.41) is 4.96. The molecule has 3 N–H and O–H groups in total. The molecule has 4 heterocycles. The van der Waals surface area contributed by atoms with Gasteiger partial charge in [-0.15, -0.1) is 11.3 Å². The lowest BCUT2D eigenvalue weighted by Gasteiger charge is -2.35. The molecule has 1 aromatic carbocycles. The van der Waals surface area contributed by atoms with Crippen LogP contribution in [0.2, 0.25) is 0 Å². The van der Waals surface area contributed by atoms with Crippen molar-refractivity contribution in [1.82, 2.24) is 24.6 Å². The van der Waals surface area contributed by atoms with Crippen LogP contribution < -0.4 is 15.8 Å². The summed E-state index contributed by atoms with van der Waals surface area (Å²) in [6, 6.07) is 5.93. The van der Waals surface area contributed by atoms with Gasteiger partial charge in [0.2, 0.25) is 5.88 Å². The molecule has 186 valence electrons. The maximum Gasteiger partial charge on any atom is 0.414 e. The number of imidazole rings is 1. The molecule has 4 aromatic rings. The van der Waals surface area contributed by atoms with Gasteiger partial charge in [-0.2, -0.15) is 0 Å². The fraction of sp³-hybridized carbons (Fsp3) is 0.333. The van der Waals surface area contributed by atoms with Crippen LogP contribution in [-0.2, 0) is 0 Å². The third kappa shape index (κ3) is 3.90. The molecule has 3 aromatic heterocycles. The van der Waals surface area contributed by atoms with Gasteiger partial charge in [0.25, 0.3) is 5.91 Å². The Hall–Kier alpha value is -3.51. The van der Waals surface area contributed by atoms with Crippen molar-refractivity contribution in [3.05, 3.63) is 53.0 Å². The van der Waals surface area contributed by atoms with Gasteiger partial charge >= 0.3 is 6.09 Å². The van der Waals surface area contributed by atoms with Crippen molar-refractivity contribution in [1.29, 1.82) is 0 Å². The molecule has 2 amide bonds. The average molecular weight is 527 g/mol. The number of nitrogens with two attached hydrogens (primary N) is 1. The van der Waals surface area contributed by atoms with E-state index in [1.807, 2.05) is 10.3 Å². The number of amides is 2. The lowest BCUT2D eigenvalue weighted by atomic mass is 9.98. The van der Waals surface area contributed by atoms with Crippen molar-refractivity contribution in [3.8, 4) is 16.3 Å². The van der Waals surface area contributed by atoms with Crippen molar-refractivity contribution in [2.45, 2.75) is 38.3 Å². The molecule has 1 saturated carbocycles. The number of thiazole rings is 2. The quantitative estimate of drug-likeness (QED) is 0.400. The third-order valence-corrected chi connectivity index (χ3v) is 8.62. The Labute approximate surface area is 213 Å².